The second kappa shape index (κ2) is 2.60. The molecule has 0 saturated heterocycles. The number of carboxylic acid groups (broad SMARTS) is 1. The van der Waals surface area contributed by atoms with Gasteiger partial charge in [0.15, 0.2) is 0 Å². The number of carbonyl (C=O) groups is 1. The molecule has 1 N–H and O–H groups in total. The average Bonchev–Trinajstić information content (AvgIpc) is 2.52. The predicted molar refractivity (Wildman–Crippen MR) is 45.2 cm³/mol. The van der Waals surface area contributed by atoms with E-state index in [4.69, 9.17) is 5.11 Å². The first-order valence-corrected chi connectivity index (χ1v) is 4.26. The fourth-order valence-electron chi connectivity index (χ4n) is 1.06. The SMILES string of the molecule is O=C(O)Cn1ncc2sccc21. The highest BCUT2D eigenvalue weighted by Crippen LogP contribution is 2.19. The van der Waals surface area contributed by atoms with E-state index in [9.17, 15) is 4.79 Å². The maximum Gasteiger partial charge on any atom is 0.325 e. The molecule has 0 aliphatic heterocycles. The summed E-state index contributed by atoms with van der Waals surface area (Å²) < 4.78 is 2.50. The first kappa shape index (κ1) is 7.30. The van der Waals surface area contributed by atoms with E-state index < -0.39 is 5.97 Å². The van der Waals surface area contributed by atoms with Crippen LogP contribution in [0.1, 0.15) is 0 Å². The highest BCUT2D eigenvalue weighted by atomic mass is 32.1. The van der Waals surface area contributed by atoms with Gasteiger partial charge in [-0.3, -0.25) is 9.48 Å². The van der Waals surface area contributed by atoms with Gasteiger partial charge in [-0.2, -0.15) is 5.10 Å². The fourth-order valence-corrected chi connectivity index (χ4v) is 1.81. The molecule has 2 aromatic rings. The Morgan fingerprint density at radius 3 is 3.33 bits per heavy atom. The van der Waals surface area contributed by atoms with Crippen molar-refractivity contribution in [1.29, 1.82) is 0 Å². The maximum absolute atomic E-state index is 10.4. The van der Waals surface area contributed by atoms with E-state index in [0.717, 1.165) is 10.2 Å². The summed E-state index contributed by atoms with van der Waals surface area (Å²) in [4.78, 5) is 10.4. The van der Waals surface area contributed by atoms with Gasteiger partial charge in [-0.25, -0.2) is 0 Å². The Hall–Kier alpha value is -1.36. The van der Waals surface area contributed by atoms with Gasteiger partial charge >= 0.3 is 5.97 Å². The van der Waals surface area contributed by atoms with E-state index >= 15 is 0 Å². The summed E-state index contributed by atoms with van der Waals surface area (Å²) in [5.74, 6) is -0.869. The van der Waals surface area contributed by atoms with E-state index in [0.29, 0.717) is 0 Å². The Kier molecular flexibility index (Phi) is 1.58. The molecule has 0 spiro atoms. The predicted octanol–water partition coefficient (Wildman–Crippen LogP) is 1.18. The number of aliphatic carboxylic acids is 1. The molecular formula is C7H6N2O2S. The van der Waals surface area contributed by atoms with Gasteiger partial charge in [-0.1, -0.05) is 0 Å². The van der Waals surface area contributed by atoms with Crippen LogP contribution in [-0.4, -0.2) is 20.9 Å². The van der Waals surface area contributed by atoms with E-state index in [1.165, 1.54) is 4.68 Å². The molecule has 0 amide bonds. The van der Waals surface area contributed by atoms with Crippen LogP contribution in [0.25, 0.3) is 10.2 Å². The van der Waals surface area contributed by atoms with Crippen LogP contribution in [0.3, 0.4) is 0 Å². The van der Waals surface area contributed by atoms with Gasteiger partial charge in [0.1, 0.15) is 6.54 Å². The number of rotatable bonds is 2. The molecule has 0 aromatic carbocycles. The van der Waals surface area contributed by atoms with Gasteiger partial charge in [0.25, 0.3) is 0 Å². The van der Waals surface area contributed by atoms with Crippen molar-refractivity contribution in [2.75, 3.05) is 0 Å². The number of nitrogens with zero attached hydrogens (tertiary/aromatic N) is 2. The van der Waals surface area contributed by atoms with Gasteiger partial charge in [-0.05, 0) is 11.4 Å². The van der Waals surface area contributed by atoms with Crippen molar-refractivity contribution in [2.24, 2.45) is 0 Å². The van der Waals surface area contributed by atoms with Gasteiger partial charge < -0.3 is 5.11 Å². The minimum Gasteiger partial charge on any atom is -0.480 e. The summed E-state index contributed by atoms with van der Waals surface area (Å²) in [7, 11) is 0. The quantitative estimate of drug-likeness (QED) is 0.758. The molecule has 62 valence electrons. The zero-order chi connectivity index (χ0) is 8.55. The largest absolute Gasteiger partial charge is 0.480 e. The zero-order valence-corrected chi connectivity index (χ0v) is 6.91. The summed E-state index contributed by atoms with van der Waals surface area (Å²) in [6.07, 6.45) is 1.68. The smallest absolute Gasteiger partial charge is 0.325 e. The summed E-state index contributed by atoms with van der Waals surface area (Å²) >= 11 is 1.56. The molecule has 0 fully saturated rings. The van der Waals surface area contributed by atoms with Crippen molar-refractivity contribution in [1.82, 2.24) is 9.78 Å². The second-order valence-electron chi connectivity index (χ2n) is 2.37. The third-order valence-corrected chi connectivity index (χ3v) is 2.39. The molecule has 12 heavy (non-hydrogen) atoms. The summed E-state index contributed by atoms with van der Waals surface area (Å²) in [6.45, 7) is -0.0692. The monoisotopic (exact) mass is 182 g/mol. The van der Waals surface area contributed by atoms with Crippen molar-refractivity contribution in [3.63, 3.8) is 0 Å². The third-order valence-electron chi connectivity index (χ3n) is 1.55. The molecule has 0 aliphatic rings. The Balaban J connectivity index is 2.47. The molecule has 2 rings (SSSR count). The first-order valence-electron chi connectivity index (χ1n) is 3.38. The number of hydrogen-bond acceptors (Lipinski definition) is 3. The summed E-state index contributed by atoms with van der Waals surface area (Å²) in [5.41, 5.74) is 0.891. The minimum atomic E-state index is -0.869. The Morgan fingerprint density at radius 1 is 1.75 bits per heavy atom. The fraction of sp³-hybridized carbons (Fsp3) is 0.143. The lowest BCUT2D eigenvalue weighted by molar-refractivity contribution is -0.137. The minimum absolute atomic E-state index is 0.0692. The molecule has 0 aliphatic carbocycles. The molecule has 5 heteroatoms. The van der Waals surface area contributed by atoms with Crippen molar-refractivity contribution in [3.05, 3.63) is 17.6 Å². The Morgan fingerprint density at radius 2 is 2.58 bits per heavy atom. The van der Waals surface area contributed by atoms with Crippen LogP contribution >= 0.6 is 11.3 Å². The summed E-state index contributed by atoms with van der Waals surface area (Å²) in [5, 5.41) is 14.4. The lowest BCUT2D eigenvalue weighted by Crippen LogP contribution is -2.09. The summed E-state index contributed by atoms with van der Waals surface area (Å²) in [6, 6.07) is 1.87. The number of thiophene rings is 1. The zero-order valence-electron chi connectivity index (χ0n) is 6.10. The maximum atomic E-state index is 10.4. The van der Waals surface area contributed by atoms with Crippen LogP contribution in [0, 0.1) is 0 Å². The topological polar surface area (TPSA) is 55.1 Å². The molecule has 2 heterocycles. The van der Waals surface area contributed by atoms with Crippen molar-refractivity contribution < 1.29 is 9.90 Å². The molecule has 0 atom stereocenters. The molecule has 0 radical (unpaired) electrons. The number of aromatic nitrogens is 2. The van der Waals surface area contributed by atoms with Crippen molar-refractivity contribution in [2.45, 2.75) is 6.54 Å². The molecular weight excluding hydrogens is 176 g/mol. The van der Waals surface area contributed by atoms with Gasteiger partial charge in [0, 0.05) is 0 Å². The number of fused-ring (bicyclic) bond motifs is 1. The van der Waals surface area contributed by atoms with E-state index in [-0.39, 0.29) is 6.54 Å². The number of carboxylic acids is 1. The highest BCUT2D eigenvalue weighted by molar-refractivity contribution is 7.17. The van der Waals surface area contributed by atoms with Crippen LogP contribution in [-0.2, 0) is 11.3 Å². The molecule has 0 bridgehead atoms. The molecule has 0 saturated carbocycles. The number of hydrogen-bond donors (Lipinski definition) is 1. The van der Waals surface area contributed by atoms with E-state index in [1.54, 1.807) is 17.5 Å². The molecule has 2 aromatic heterocycles. The van der Waals surface area contributed by atoms with Crippen molar-refractivity contribution >= 4 is 27.5 Å². The van der Waals surface area contributed by atoms with Gasteiger partial charge in [0.2, 0.25) is 0 Å². The average molecular weight is 182 g/mol. The van der Waals surface area contributed by atoms with Gasteiger partial charge in [0.05, 0.1) is 16.4 Å². The van der Waals surface area contributed by atoms with Crippen LogP contribution < -0.4 is 0 Å². The lowest BCUT2D eigenvalue weighted by atomic mass is 10.5. The molecule has 4 nitrogen and oxygen atoms in total. The Bertz CT molecular complexity index is 418. The lowest BCUT2D eigenvalue weighted by Gasteiger charge is -1.94. The van der Waals surface area contributed by atoms with E-state index in [1.807, 2.05) is 11.4 Å². The van der Waals surface area contributed by atoms with Crippen LogP contribution in [0.4, 0.5) is 0 Å². The first-order chi connectivity index (χ1) is 5.77. The highest BCUT2D eigenvalue weighted by Gasteiger charge is 2.05. The van der Waals surface area contributed by atoms with Crippen LogP contribution in [0.2, 0.25) is 0 Å². The molecule has 0 unspecified atom stereocenters. The van der Waals surface area contributed by atoms with Crippen LogP contribution in [0.15, 0.2) is 17.6 Å². The van der Waals surface area contributed by atoms with Gasteiger partial charge in [-0.15, -0.1) is 11.3 Å². The Labute approximate surface area is 72.0 Å². The van der Waals surface area contributed by atoms with Crippen LogP contribution in [0.5, 0.6) is 0 Å². The second-order valence-corrected chi connectivity index (χ2v) is 3.31. The third kappa shape index (κ3) is 1.08. The standard InChI is InChI=1S/C7H6N2O2S/c10-7(11)4-9-5-1-2-12-6(5)3-8-9/h1-3H,4H2,(H,10,11). The normalized spacial score (nSPS) is 10.7. The van der Waals surface area contributed by atoms with E-state index in [2.05, 4.69) is 5.10 Å². The van der Waals surface area contributed by atoms with Crippen molar-refractivity contribution in [3.8, 4) is 0 Å².